The minimum Gasteiger partial charge on any atom is -0.481 e. The minimum absolute atomic E-state index is 0.000360. The first-order chi connectivity index (χ1) is 7.93. The Hall–Kier alpha value is -1.91. The van der Waals surface area contributed by atoms with Gasteiger partial charge in [-0.1, -0.05) is 6.07 Å². The second-order valence-electron chi connectivity index (χ2n) is 3.76. The molecule has 0 radical (unpaired) electrons. The number of hydrogen-bond acceptors (Lipinski definition) is 3. The van der Waals surface area contributed by atoms with Crippen LogP contribution in [0.1, 0.15) is 23.7 Å². The van der Waals surface area contributed by atoms with Gasteiger partial charge >= 0.3 is 5.97 Å². The fourth-order valence-electron chi connectivity index (χ4n) is 1.56. The molecule has 0 unspecified atom stereocenters. The van der Waals surface area contributed by atoms with Gasteiger partial charge in [0, 0.05) is 13.6 Å². The van der Waals surface area contributed by atoms with E-state index in [0.29, 0.717) is 5.69 Å². The van der Waals surface area contributed by atoms with E-state index >= 15 is 0 Å². The number of Topliss-reactive ketones (excluding diaryl/α,β-unsaturated/α-hetero) is 1. The van der Waals surface area contributed by atoms with Crippen LogP contribution in [-0.4, -0.2) is 30.5 Å². The Balaban J connectivity index is 3.00. The molecule has 4 nitrogen and oxygen atoms in total. The number of anilines is 1. The first-order valence-corrected chi connectivity index (χ1v) is 5.16. The minimum atomic E-state index is -0.933. The van der Waals surface area contributed by atoms with E-state index in [2.05, 4.69) is 0 Å². The maximum Gasteiger partial charge on any atom is 0.305 e. The summed E-state index contributed by atoms with van der Waals surface area (Å²) in [7, 11) is 1.63. The molecule has 0 atom stereocenters. The Morgan fingerprint density at radius 1 is 1.41 bits per heavy atom. The molecule has 1 N–H and O–H groups in total. The van der Waals surface area contributed by atoms with Crippen LogP contribution in [0.2, 0.25) is 0 Å². The Kier molecular flexibility index (Phi) is 4.20. The summed E-state index contributed by atoms with van der Waals surface area (Å²) >= 11 is 0. The monoisotopic (exact) mass is 239 g/mol. The second-order valence-corrected chi connectivity index (χ2v) is 3.76. The van der Waals surface area contributed by atoms with Gasteiger partial charge in [-0.15, -0.1) is 0 Å². The van der Waals surface area contributed by atoms with Gasteiger partial charge < -0.3 is 10.0 Å². The number of nitrogens with zero attached hydrogens (tertiary/aromatic N) is 1. The molecular weight excluding hydrogens is 225 g/mol. The van der Waals surface area contributed by atoms with Crippen LogP contribution in [0.3, 0.4) is 0 Å². The van der Waals surface area contributed by atoms with Gasteiger partial charge in [-0.25, -0.2) is 4.39 Å². The Labute approximate surface area is 98.7 Å². The number of carbonyl (C=O) groups excluding carboxylic acids is 1. The van der Waals surface area contributed by atoms with Crippen molar-refractivity contribution in [2.45, 2.75) is 13.3 Å². The number of hydrogen-bond donors (Lipinski definition) is 1. The van der Waals surface area contributed by atoms with Crippen molar-refractivity contribution >= 4 is 17.4 Å². The molecule has 0 fully saturated rings. The van der Waals surface area contributed by atoms with E-state index in [0.717, 1.165) is 0 Å². The number of carboxylic acids is 1. The van der Waals surface area contributed by atoms with Gasteiger partial charge in [-0.3, -0.25) is 9.59 Å². The lowest BCUT2D eigenvalue weighted by molar-refractivity contribution is -0.136. The lowest BCUT2D eigenvalue weighted by Crippen LogP contribution is -2.23. The van der Waals surface area contributed by atoms with E-state index in [1.165, 1.54) is 19.1 Å². The summed E-state index contributed by atoms with van der Waals surface area (Å²) in [4.78, 5) is 23.4. The quantitative estimate of drug-likeness (QED) is 0.798. The lowest BCUT2D eigenvalue weighted by Gasteiger charge is -2.21. The van der Waals surface area contributed by atoms with Crippen molar-refractivity contribution in [2.24, 2.45) is 0 Å². The predicted molar refractivity (Wildman–Crippen MR) is 61.9 cm³/mol. The van der Waals surface area contributed by atoms with Gasteiger partial charge in [0.25, 0.3) is 0 Å². The molecule has 1 aromatic carbocycles. The highest BCUT2D eigenvalue weighted by molar-refractivity contribution is 6.00. The number of carboxylic acid groups (broad SMARTS) is 1. The highest BCUT2D eigenvalue weighted by atomic mass is 19.1. The van der Waals surface area contributed by atoms with E-state index in [1.54, 1.807) is 18.0 Å². The summed E-state index contributed by atoms with van der Waals surface area (Å²) in [6, 6.07) is 4.31. The molecule has 1 rings (SSSR count). The van der Waals surface area contributed by atoms with Crippen molar-refractivity contribution in [1.29, 1.82) is 0 Å². The fraction of sp³-hybridized carbons (Fsp3) is 0.333. The molecule has 0 saturated heterocycles. The molecule has 0 aliphatic carbocycles. The van der Waals surface area contributed by atoms with Crippen molar-refractivity contribution in [3.63, 3.8) is 0 Å². The highest BCUT2D eigenvalue weighted by Crippen LogP contribution is 2.22. The predicted octanol–water partition coefficient (Wildman–Crippen LogP) is 1.94. The molecule has 0 aliphatic heterocycles. The van der Waals surface area contributed by atoms with Crippen LogP contribution in [-0.2, 0) is 4.79 Å². The van der Waals surface area contributed by atoms with Crippen LogP contribution < -0.4 is 4.90 Å². The third-order valence-electron chi connectivity index (χ3n) is 2.42. The Morgan fingerprint density at radius 3 is 2.59 bits per heavy atom. The standard InChI is InChI=1S/C12H14FNO3/c1-8(15)12-9(13)4-3-5-10(12)14(2)7-6-11(16)17/h3-5H,6-7H2,1-2H3,(H,16,17). The van der Waals surface area contributed by atoms with Crippen LogP contribution in [0.15, 0.2) is 18.2 Å². The van der Waals surface area contributed by atoms with Gasteiger partial charge in [0.2, 0.25) is 0 Å². The van der Waals surface area contributed by atoms with Crippen LogP contribution in [0.25, 0.3) is 0 Å². The van der Waals surface area contributed by atoms with Crippen LogP contribution in [0.4, 0.5) is 10.1 Å². The number of ketones is 1. The topological polar surface area (TPSA) is 57.6 Å². The maximum absolute atomic E-state index is 13.5. The zero-order valence-electron chi connectivity index (χ0n) is 9.74. The average molecular weight is 239 g/mol. The second kappa shape index (κ2) is 5.43. The first kappa shape index (κ1) is 13.2. The van der Waals surface area contributed by atoms with Crippen molar-refractivity contribution in [2.75, 3.05) is 18.5 Å². The van der Waals surface area contributed by atoms with Gasteiger partial charge in [-0.2, -0.15) is 0 Å². The van der Waals surface area contributed by atoms with E-state index < -0.39 is 11.8 Å². The molecule has 17 heavy (non-hydrogen) atoms. The maximum atomic E-state index is 13.5. The van der Waals surface area contributed by atoms with E-state index in [4.69, 9.17) is 5.11 Å². The van der Waals surface area contributed by atoms with Crippen molar-refractivity contribution < 1.29 is 19.1 Å². The smallest absolute Gasteiger partial charge is 0.305 e. The highest BCUT2D eigenvalue weighted by Gasteiger charge is 2.16. The summed E-state index contributed by atoms with van der Waals surface area (Å²) in [5.41, 5.74) is 0.416. The molecule has 0 saturated carbocycles. The van der Waals surface area contributed by atoms with Crippen molar-refractivity contribution in [1.82, 2.24) is 0 Å². The van der Waals surface area contributed by atoms with Crippen molar-refractivity contribution in [3.8, 4) is 0 Å². The third kappa shape index (κ3) is 3.27. The van der Waals surface area contributed by atoms with Crippen LogP contribution in [0, 0.1) is 5.82 Å². The average Bonchev–Trinajstić information content (AvgIpc) is 2.24. The Bertz CT molecular complexity index is 445. The fourth-order valence-corrected chi connectivity index (χ4v) is 1.56. The summed E-state index contributed by atoms with van der Waals surface area (Å²) in [6.45, 7) is 1.51. The molecule has 0 heterocycles. The largest absolute Gasteiger partial charge is 0.481 e. The molecular formula is C12H14FNO3. The first-order valence-electron chi connectivity index (χ1n) is 5.16. The normalized spacial score (nSPS) is 10.1. The number of halogens is 1. The molecule has 92 valence electrons. The van der Waals surface area contributed by atoms with Crippen LogP contribution >= 0.6 is 0 Å². The molecule has 0 aromatic heterocycles. The van der Waals surface area contributed by atoms with E-state index in [9.17, 15) is 14.0 Å². The molecule has 1 aromatic rings. The zero-order valence-corrected chi connectivity index (χ0v) is 9.74. The van der Waals surface area contributed by atoms with Gasteiger partial charge in [0.15, 0.2) is 5.78 Å². The number of aliphatic carboxylic acids is 1. The molecule has 5 heteroatoms. The van der Waals surface area contributed by atoms with Gasteiger partial charge in [0.05, 0.1) is 17.7 Å². The van der Waals surface area contributed by atoms with E-state index in [-0.39, 0.29) is 24.3 Å². The molecule has 0 bridgehead atoms. The third-order valence-corrected chi connectivity index (χ3v) is 2.42. The summed E-state index contributed by atoms with van der Waals surface area (Å²) < 4.78 is 13.5. The van der Waals surface area contributed by atoms with Crippen LogP contribution in [0.5, 0.6) is 0 Å². The number of carbonyl (C=O) groups is 2. The number of benzene rings is 1. The van der Waals surface area contributed by atoms with Crippen molar-refractivity contribution in [3.05, 3.63) is 29.6 Å². The summed E-state index contributed by atoms with van der Waals surface area (Å²) in [5.74, 6) is -1.89. The summed E-state index contributed by atoms with van der Waals surface area (Å²) in [6.07, 6.45) is -0.0651. The molecule has 0 aliphatic rings. The zero-order chi connectivity index (χ0) is 13.0. The van der Waals surface area contributed by atoms with Gasteiger partial charge in [0.1, 0.15) is 5.82 Å². The molecule has 0 amide bonds. The SMILES string of the molecule is CC(=O)c1c(F)cccc1N(C)CCC(=O)O. The summed E-state index contributed by atoms with van der Waals surface area (Å²) in [5, 5.41) is 8.57. The lowest BCUT2D eigenvalue weighted by atomic mass is 10.1. The molecule has 0 spiro atoms. The number of rotatable bonds is 5. The Morgan fingerprint density at radius 2 is 2.06 bits per heavy atom. The van der Waals surface area contributed by atoms with E-state index in [1.807, 2.05) is 0 Å². The van der Waals surface area contributed by atoms with Gasteiger partial charge in [-0.05, 0) is 19.1 Å².